The van der Waals surface area contributed by atoms with Crippen LogP contribution in [0.25, 0.3) is 0 Å². The maximum atomic E-state index is 4.61. The lowest BCUT2D eigenvalue weighted by Gasteiger charge is -2.28. The molecule has 0 radical (unpaired) electrons. The zero-order chi connectivity index (χ0) is 11.1. The van der Waals surface area contributed by atoms with Gasteiger partial charge in [0.2, 0.25) is 0 Å². The Morgan fingerprint density at radius 2 is 2.13 bits per heavy atom. The van der Waals surface area contributed by atoms with E-state index in [1.807, 2.05) is 11.8 Å². The Kier molecular flexibility index (Phi) is 6.15. The van der Waals surface area contributed by atoms with E-state index in [0.29, 0.717) is 6.04 Å². The van der Waals surface area contributed by atoms with E-state index in [9.17, 15) is 0 Å². The third kappa shape index (κ3) is 4.92. The van der Waals surface area contributed by atoms with Crippen LogP contribution in [0, 0.1) is 5.92 Å². The molecule has 88 valence electrons. The van der Waals surface area contributed by atoms with E-state index in [1.54, 1.807) is 0 Å². The molecule has 0 aromatic heterocycles. The second kappa shape index (κ2) is 7.15. The molecular formula is C12H24N2S. The molecule has 0 saturated carbocycles. The summed E-state index contributed by atoms with van der Waals surface area (Å²) in [4.78, 5) is 4.61. The van der Waals surface area contributed by atoms with Crippen molar-refractivity contribution in [2.24, 2.45) is 10.9 Å². The minimum atomic E-state index is 0.584. The molecule has 1 N–H and O–H groups in total. The Bertz CT molecular complexity index is 204. The number of nitrogens with one attached hydrogen (secondary N) is 1. The highest BCUT2D eigenvalue weighted by Gasteiger charge is 2.20. The van der Waals surface area contributed by atoms with Crippen LogP contribution in [-0.2, 0) is 0 Å². The lowest BCUT2D eigenvalue weighted by atomic mass is 10.1. The molecule has 1 saturated heterocycles. The molecule has 1 rings (SSSR count). The molecule has 1 fully saturated rings. The van der Waals surface area contributed by atoms with Gasteiger partial charge in [0, 0.05) is 18.3 Å². The maximum absolute atomic E-state index is 4.61. The molecule has 2 atom stereocenters. The maximum Gasteiger partial charge on any atom is 0.156 e. The van der Waals surface area contributed by atoms with Crippen LogP contribution >= 0.6 is 11.8 Å². The minimum absolute atomic E-state index is 0.584. The van der Waals surface area contributed by atoms with Gasteiger partial charge >= 0.3 is 0 Å². The SMILES string of the molecule is CCCCCCN=C1NC(C)C(C)CS1. The summed E-state index contributed by atoms with van der Waals surface area (Å²) in [5, 5.41) is 4.63. The fraction of sp³-hybridized carbons (Fsp3) is 0.917. The van der Waals surface area contributed by atoms with Gasteiger partial charge in [-0.25, -0.2) is 0 Å². The third-order valence-electron chi connectivity index (χ3n) is 2.95. The summed E-state index contributed by atoms with van der Waals surface area (Å²) in [7, 11) is 0. The van der Waals surface area contributed by atoms with Crippen LogP contribution in [0.5, 0.6) is 0 Å². The number of hydrogen-bond donors (Lipinski definition) is 1. The van der Waals surface area contributed by atoms with E-state index < -0.39 is 0 Å². The molecule has 0 aromatic carbocycles. The lowest BCUT2D eigenvalue weighted by Crippen LogP contribution is -2.41. The summed E-state index contributed by atoms with van der Waals surface area (Å²) in [6, 6.07) is 0.584. The Balaban J connectivity index is 2.17. The summed E-state index contributed by atoms with van der Waals surface area (Å²) in [5.74, 6) is 1.97. The highest BCUT2D eigenvalue weighted by Crippen LogP contribution is 2.19. The second-order valence-corrected chi connectivity index (χ2v) is 5.48. The van der Waals surface area contributed by atoms with Gasteiger partial charge in [-0.2, -0.15) is 0 Å². The van der Waals surface area contributed by atoms with Crippen molar-refractivity contribution in [3.8, 4) is 0 Å². The minimum Gasteiger partial charge on any atom is -0.362 e. The number of thioether (sulfide) groups is 1. The van der Waals surface area contributed by atoms with Gasteiger partial charge in [-0.15, -0.1) is 0 Å². The average Bonchev–Trinajstić information content (AvgIpc) is 2.23. The number of hydrogen-bond acceptors (Lipinski definition) is 2. The predicted octanol–water partition coefficient (Wildman–Crippen LogP) is 3.28. The Hall–Kier alpha value is -0.180. The van der Waals surface area contributed by atoms with E-state index in [1.165, 1.54) is 31.4 Å². The number of unbranched alkanes of at least 4 members (excludes halogenated alkanes) is 3. The smallest absolute Gasteiger partial charge is 0.156 e. The Labute approximate surface area is 98.3 Å². The Morgan fingerprint density at radius 1 is 1.33 bits per heavy atom. The van der Waals surface area contributed by atoms with Crippen molar-refractivity contribution in [1.29, 1.82) is 0 Å². The Morgan fingerprint density at radius 3 is 2.80 bits per heavy atom. The van der Waals surface area contributed by atoms with Gasteiger partial charge < -0.3 is 5.32 Å². The van der Waals surface area contributed by atoms with Crippen LogP contribution in [0.3, 0.4) is 0 Å². The summed E-state index contributed by atoms with van der Waals surface area (Å²) >= 11 is 1.88. The van der Waals surface area contributed by atoms with Crippen LogP contribution in [0.2, 0.25) is 0 Å². The topological polar surface area (TPSA) is 24.4 Å². The van der Waals surface area contributed by atoms with Crippen LogP contribution in [0.15, 0.2) is 4.99 Å². The third-order valence-corrected chi connectivity index (χ3v) is 4.17. The molecule has 3 heteroatoms. The van der Waals surface area contributed by atoms with Crippen LogP contribution in [0.1, 0.15) is 46.5 Å². The zero-order valence-electron chi connectivity index (χ0n) is 10.3. The molecule has 1 aliphatic heterocycles. The highest BCUT2D eigenvalue weighted by atomic mass is 32.2. The largest absolute Gasteiger partial charge is 0.362 e. The number of aliphatic imine (C=N–C) groups is 1. The second-order valence-electron chi connectivity index (χ2n) is 4.47. The molecule has 2 unspecified atom stereocenters. The molecule has 2 nitrogen and oxygen atoms in total. The van der Waals surface area contributed by atoms with Crippen molar-refractivity contribution >= 4 is 16.9 Å². The zero-order valence-corrected chi connectivity index (χ0v) is 11.1. The molecule has 1 aliphatic rings. The fourth-order valence-corrected chi connectivity index (χ4v) is 2.71. The first-order valence-corrected chi connectivity index (χ1v) is 7.16. The monoisotopic (exact) mass is 228 g/mol. The van der Waals surface area contributed by atoms with Crippen LogP contribution in [0.4, 0.5) is 0 Å². The van der Waals surface area contributed by atoms with Gasteiger partial charge in [-0.05, 0) is 19.3 Å². The quantitative estimate of drug-likeness (QED) is 0.730. The fourth-order valence-electron chi connectivity index (χ4n) is 1.54. The standard InChI is InChI=1S/C12H24N2S/c1-4-5-6-7-8-13-12-14-11(3)10(2)9-15-12/h10-11H,4-9H2,1-3H3,(H,13,14). The first kappa shape index (κ1) is 12.9. The summed E-state index contributed by atoms with van der Waals surface area (Å²) in [5.41, 5.74) is 0. The van der Waals surface area contributed by atoms with Gasteiger partial charge in [0.15, 0.2) is 5.17 Å². The van der Waals surface area contributed by atoms with Gasteiger partial charge in [0.25, 0.3) is 0 Å². The molecule has 0 aliphatic carbocycles. The molecule has 0 aromatic rings. The highest BCUT2D eigenvalue weighted by molar-refractivity contribution is 8.13. The number of nitrogens with zero attached hydrogens (tertiary/aromatic N) is 1. The van der Waals surface area contributed by atoms with Crippen molar-refractivity contribution in [2.45, 2.75) is 52.5 Å². The van der Waals surface area contributed by atoms with Gasteiger partial charge in [0.05, 0.1) is 0 Å². The van der Waals surface area contributed by atoms with Gasteiger partial charge in [-0.3, -0.25) is 4.99 Å². The van der Waals surface area contributed by atoms with Gasteiger partial charge in [-0.1, -0.05) is 44.9 Å². The molecular weight excluding hydrogens is 204 g/mol. The van der Waals surface area contributed by atoms with Crippen molar-refractivity contribution in [2.75, 3.05) is 12.3 Å². The molecule has 1 heterocycles. The summed E-state index contributed by atoms with van der Waals surface area (Å²) < 4.78 is 0. The van der Waals surface area contributed by atoms with Crippen LogP contribution < -0.4 is 5.32 Å². The van der Waals surface area contributed by atoms with Crippen molar-refractivity contribution in [3.05, 3.63) is 0 Å². The first-order valence-electron chi connectivity index (χ1n) is 6.17. The molecule has 0 amide bonds. The normalized spacial score (nSPS) is 29.1. The number of amidine groups is 1. The van der Waals surface area contributed by atoms with Gasteiger partial charge in [0.1, 0.15) is 0 Å². The predicted molar refractivity (Wildman–Crippen MR) is 70.7 cm³/mol. The van der Waals surface area contributed by atoms with Crippen molar-refractivity contribution in [3.63, 3.8) is 0 Å². The van der Waals surface area contributed by atoms with Crippen molar-refractivity contribution < 1.29 is 0 Å². The van der Waals surface area contributed by atoms with E-state index in [2.05, 4.69) is 31.1 Å². The average molecular weight is 228 g/mol. The lowest BCUT2D eigenvalue weighted by molar-refractivity contribution is 0.489. The summed E-state index contributed by atoms with van der Waals surface area (Å²) in [6.07, 6.45) is 5.21. The molecule has 0 spiro atoms. The van der Waals surface area contributed by atoms with E-state index in [-0.39, 0.29) is 0 Å². The van der Waals surface area contributed by atoms with E-state index in [4.69, 9.17) is 0 Å². The van der Waals surface area contributed by atoms with Crippen LogP contribution in [-0.4, -0.2) is 23.5 Å². The molecule has 15 heavy (non-hydrogen) atoms. The van der Waals surface area contributed by atoms with Crippen molar-refractivity contribution in [1.82, 2.24) is 5.32 Å². The van der Waals surface area contributed by atoms with E-state index >= 15 is 0 Å². The van der Waals surface area contributed by atoms with E-state index in [0.717, 1.165) is 17.6 Å². The number of rotatable bonds is 5. The molecule has 0 bridgehead atoms. The first-order chi connectivity index (χ1) is 7.24. The summed E-state index contributed by atoms with van der Waals surface area (Å²) in [6.45, 7) is 7.78.